The van der Waals surface area contributed by atoms with Gasteiger partial charge in [0, 0.05) is 19.8 Å². The van der Waals surface area contributed by atoms with Crippen molar-refractivity contribution in [1.82, 2.24) is 16.0 Å². The Labute approximate surface area is 77.9 Å². The Hall–Kier alpha value is -0.460. The molecule has 0 aliphatic rings. The molecule has 0 unspecified atom stereocenters. The Balaban J connectivity index is 3.79. The molecule has 6 heteroatoms. The second-order valence-corrected chi connectivity index (χ2v) is 2.91. The topological polar surface area (TPSA) is 65.7 Å². The summed E-state index contributed by atoms with van der Waals surface area (Å²) in [5, 5.41) is 1.54. The quantitative estimate of drug-likeness (QED) is 0.187. The molecule has 72 valence electrons. The van der Waals surface area contributed by atoms with Crippen LogP contribution in [0.5, 0.6) is 0 Å². The number of hydrazine groups is 2. The molecular formula is C6H17N5S. The molecule has 12 heavy (non-hydrogen) atoms. The largest absolute Gasteiger partial charge is 0.367 e. The van der Waals surface area contributed by atoms with Crippen molar-refractivity contribution in [3.05, 3.63) is 0 Å². The molecule has 0 aromatic heterocycles. The van der Waals surface area contributed by atoms with Gasteiger partial charge in [0.05, 0.1) is 0 Å². The van der Waals surface area contributed by atoms with Crippen LogP contribution in [0.3, 0.4) is 0 Å². The third-order valence-electron chi connectivity index (χ3n) is 1.13. The first-order chi connectivity index (χ1) is 5.76. The molecule has 0 aromatic carbocycles. The zero-order valence-corrected chi connectivity index (χ0v) is 8.61. The highest BCUT2D eigenvalue weighted by Gasteiger charge is 2.00. The van der Waals surface area contributed by atoms with Crippen molar-refractivity contribution >= 4 is 17.9 Å². The number of nitrogens with zero attached hydrogens (tertiary/aromatic N) is 2. The third kappa shape index (κ3) is 4.42. The average molecular weight is 191 g/mol. The zero-order valence-electron chi connectivity index (χ0n) is 7.79. The van der Waals surface area contributed by atoms with Crippen LogP contribution in [0, 0.1) is 0 Å². The minimum Gasteiger partial charge on any atom is -0.367 e. The van der Waals surface area contributed by atoms with Gasteiger partial charge in [0.15, 0.2) is 0 Å². The molecule has 0 spiro atoms. The Kier molecular flexibility index (Phi) is 6.93. The molecule has 0 rings (SSSR count). The molecular weight excluding hydrogens is 174 g/mol. The molecule has 0 saturated heterocycles. The maximum absolute atomic E-state index is 5.61. The monoisotopic (exact) mass is 191 g/mol. The second-order valence-electron chi connectivity index (χ2n) is 2.07. The summed E-state index contributed by atoms with van der Waals surface area (Å²) in [6, 6.07) is 0. The van der Waals surface area contributed by atoms with E-state index in [9.17, 15) is 0 Å². The van der Waals surface area contributed by atoms with E-state index in [1.165, 1.54) is 11.9 Å². The fourth-order valence-electron chi connectivity index (χ4n) is 0.585. The maximum Gasteiger partial charge on any atom is 0.232 e. The van der Waals surface area contributed by atoms with E-state index in [-0.39, 0.29) is 0 Å². The van der Waals surface area contributed by atoms with Gasteiger partial charge < -0.3 is 5.73 Å². The molecule has 0 radical (unpaired) electrons. The van der Waals surface area contributed by atoms with Gasteiger partial charge in [-0.05, 0) is 18.4 Å². The maximum atomic E-state index is 5.61. The molecule has 0 atom stereocenters. The highest BCUT2D eigenvalue weighted by molar-refractivity contribution is 7.98. The van der Waals surface area contributed by atoms with Crippen molar-refractivity contribution in [3.8, 4) is 0 Å². The predicted molar refractivity (Wildman–Crippen MR) is 54.3 cm³/mol. The molecule has 0 fully saturated rings. The van der Waals surface area contributed by atoms with Crippen LogP contribution >= 0.6 is 11.9 Å². The number of nitrogens with two attached hydrogens (primary N) is 1. The first kappa shape index (κ1) is 11.5. The minimum atomic E-state index is 0.429. The molecule has 0 bridgehead atoms. The Morgan fingerprint density at radius 1 is 1.50 bits per heavy atom. The summed E-state index contributed by atoms with van der Waals surface area (Å²) in [4.78, 5) is 0. The van der Waals surface area contributed by atoms with Crippen molar-refractivity contribution in [2.75, 3.05) is 19.8 Å². The lowest BCUT2D eigenvalue weighted by atomic mass is 10.6. The number of nitrogens with one attached hydrogen (secondary N) is 2. The van der Waals surface area contributed by atoms with Crippen LogP contribution in [-0.4, -0.2) is 30.9 Å². The highest BCUT2D eigenvalue weighted by Crippen LogP contribution is 2.02. The van der Waals surface area contributed by atoms with Gasteiger partial charge in [0.1, 0.15) is 0 Å². The summed E-state index contributed by atoms with van der Waals surface area (Å²) < 4.78 is 4.07. The van der Waals surface area contributed by atoms with Crippen LogP contribution in [0.4, 0.5) is 0 Å². The summed E-state index contributed by atoms with van der Waals surface area (Å²) in [5.41, 5.74) is 11.3. The first-order valence-electron chi connectivity index (χ1n) is 3.86. The van der Waals surface area contributed by atoms with Gasteiger partial charge in [-0.1, -0.05) is 6.92 Å². The summed E-state index contributed by atoms with van der Waals surface area (Å²) in [7, 11) is 3.53. The Morgan fingerprint density at radius 3 is 2.50 bits per heavy atom. The van der Waals surface area contributed by atoms with Gasteiger partial charge in [0.2, 0.25) is 5.96 Å². The summed E-state index contributed by atoms with van der Waals surface area (Å²) >= 11 is 1.46. The van der Waals surface area contributed by atoms with E-state index in [2.05, 4.69) is 22.2 Å². The average Bonchev–Trinajstić information content (AvgIpc) is 2.07. The molecule has 5 nitrogen and oxygen atoms in total. The van der Waals surface area contributed by atoms with Crippen molar-refractivity contribution in [2.24, 2.45) is 10.1 Å². The first-order valence-corrected chi connectivity index (χ1v) is 4.80. The Morgan fingerprint density at radius 2 is 2.08 bits per heavy atom. The lowest BCUT2D eigenvalue weighted by Gasteiger charge is -2.19. The normalized spacial score (nSPS) is 11.8. The van der Waals surface area contributed by atoms with Gasteiger partial charge in [0.25, 0.3) is 0 Å². The van der Waals surface area contributed by atoms with Gasteiger partial charge in [-0.25, -0.2) is 16.0 Å². The van der Waals surface area contributed by atoms with Crippen molar-refractivity contribution in [3.63, 3.8) is 0 Å². The van der Waals surface area contributed by atoms with Crippen molar-refractivity contribution in [1.29, 1.82) is 0 Å². The van der Waals surface area contributed by atoms with Crippen LogP contribution in [0.2, 0.25) is 0 Å². The van der Waals surface area contributed by atoms with Gasteiger partial charge in [-0.3, -0.25) is 0 Å². The van der Waals surface area contributed by atoms with Crippen molar-refractivity contribution < 1.29 is 0 Å². The van der Waals surface area contributed by atoms with Crippen LogP contribution in [-0.2, 0) is 0 Å². The second kappa shape index (κ2) is 7.20. The number of rotatable bonds is 5. The number of hydrogen-bond acceptors (Lipinski definition) is 4. The van der Waals surface area contributed by atoms with Crippen LogP contribution in [0.15, 0.2) is 4.40 Å². The SMILES string of the molecule is CCCSN=C(N)N(NC)NC. The summed E-state index contributed by atoms with van der Waals surface area (Å²) in [5.74, 6) is 1.42. The minimum absolute atomic E-state index is 0.429. The molecule has 0 amide bonds. The van der Waals surface area contributed by atoms with E-state index >= 15 is 0 Å². The van der Waals surface area contributed by atoms with E-state index in [1.54, 1.807) is 19.2 Å². The van der Waals surface area contributed by atoms with E-state index in [4.69, 9.17) is 5.73 Å². The van der Waals surface area contributed by atoms with Gasteiger partial charge >= 0.3 is 0 Å². The molecule has 0 aliphatic carbocycles. The fraction of sp³-hybridized carbons (Fsp3) is 0.833. The summed E-state index contributed by atoms with van der Waals surface area (Å²) in [6.07, 6.45) is 1.10. The van der Waals surface area contributed by atoms with E-state index in [0.717, 1.165) is 12.2 Å². The predicted octanol–water partition coefficient (Wildman–Crippen LogP) is -0.0699. The number of hydrogen-bond donors (Lipinski definition) is 3. The van der Waals surface area contributed by atoms with Crippen molar-refractivity contribution in [2.45, 2.75) is 13.3 Å². The van der Waals surface area contributed by atoms with E-state index < -0.39 is 0 Å². The fourth-order valence-corrected chi connectivity index (χ4v) is 1.07. The van der Waals surface area contributed by atoms with Crippen LogP contribution in [0.25, 0.3) is 0 Å². The van der Waals surface area contributed by atoms with Crippen LogP contribution in [0.1, 0.15) is 13.3 Å². The molecule has 4 N–H and O–H groups in total. The lowest BCUT2D eigenvalue weighted by Crippen LogP contribution is -2.51. The Bertz CT molecular complexity index is 134. The van der Waals surface area contributed by atoms with E-state index in [0.29, 0.717) is 5.96 Å². The molecule has 0 aromatic rings. The molecule has 0 aliphatic heterocycles. The van der Waals surface area contributed by atoms with Crippen LogP contribution < -0.4 is 16.6 Å². The van der Waals surface area contributed by atoms with Gasteiger partial charge in [-0.2, -0.15) is 4.40 Å². The zero-order chi connectivity index (χ0) is 9.40. The third-order valence-corrected chi connectivity index (χ3v) is 2.04. The molecule has 0 heterocycles. The summed E-state index contributed by atoms with van der Waals surface area (Å²) in [6.45, 7) is 2.10. The highest BCUT2D eigenvalue weighted by atomic mass is 32.2. The smallest absolute Gasteiger partial charge is 0.232 e. The molecule has 0 saturated carbocycles. The van der Waals surface area contributed by atoms with E-state index in [1.807, 2.05) is 0 Å². The van der Waals surface area contributed by atoms with Gasteiger partial charge in [-0.15, -0.1) is 0 Å². The lowest BCUT2D eigenvalue weighted by molar-refractivity contribution is 0.264. The standard InChI is InChI=1S/C6H17N5S/c1-4-5-12-10-6(7)11(8-2)9-3/h8-9H,4-5H2,1-3H3,(H2,7,10). The number of guanidine groups is 1.